The minimum absolute atomic E-state index is 0.0794. The average Bonchev–Trinajstić information content (AvgIpc) is 3.22. The highest BCUT2D eigenvalue weighted by Gasteiger charge is 2.29. The molecule has 1 saturated carbocycles. The van der Waals surface area contributed by atoms with Gasteiger partial charge in [0.2, 0.25) is 0 Å². The predicted molar refractivity (Wildman–Crippen MR) is 81.1 cm³/mol. The van der Waals surface area contributed by atoms with E-state index < -0.39 is 0 Å². The summed E-state index contributed by atoms with van der Waals surface area (Å²) < 4.78 is 0. The molecule has 0 N–H and O–H groups in total. The van der Waals surface area contributed by atoms with Crippen molar-refractivity contribution in [1.82, 2.24) is 9.88 Å². The van der Waals surface area contributed by atoms with Gasteiger partial charge >= 0.3 is 0 Å². The second-order valence-corrected chi connectivity index (χ2v) is 6.42. The lowest BCUT2D eigenvalue weighted by Crippen LogP contribution is -2.26. The number of carbonyl (C=O) groups excluding carboxylic acids is 1. The maximum atomic E-state index is 12.5. The molecule has 0 spiro atoms. The Labute approximate surface area is 123 Å². The maximum Gasteiger partial charge on any atom is 0.265 e. The first-order valence-electron chi connectivity index (χ1n) is 6.92. The summed E-state index contributed by atoms with van der Waals surface area (Å²) in [7, 11) is 1.85. The third kappa shape index (κ3) is 2.75. The smallest absolute Gasteiger partial charge is 0.265 e. The molecule has 0 atom stereocenters. The third-order valence-electron chi connectivity index (χ3n) is 3.54. The molecule has 20 heavy (non-hydrogen) atoms. The van der Waals surface area contributed by atoms with Gasteiger partial charge in [0.05, 0.1) is 10.7 Å². The van der Waals surface area contributed by atoms with Crippen molar-refractivity contribution in [2.45, 2.75) is 32.2 Å². The molecule has 3 nitrogen and oxygen atoms in total. The Morgan fingerprint density at radius 1 is 1.35 bits per heavy atom. The van der Waals surface area contributed by atoms with Crippen molar-refractivity contribution in [2.75, 3.05) is 7.05 Å². The molecule has 1 amide bonds. The Hall–Kier alpha value is -1.68. The normalized spacial score (nSPS) is 14.3. The second-order valence-electron chi connectivity index (χ2n) is 5.39. The van der Waals surface area contributed by atoms with Crippen molar-refractivity contribution in [2.24, 2.45) is 0 Å². The van der Waals surface area contributed by atoms with Crippen LogP contribution in [0.25, 0.3) is 0 Å². The summed E-state index contributed by atoms with van der Waals surface area (Å²) in [5.41, 5.74) is 2.02. The Balaban J connectivity index is 1.74. The number of rotatable bonds is 4. The summed E-state index contributed by atoms with van der Waals surface area (Å²) in [6.45, 7) is 2.57. The van der Waals surface area contributed by atoms with Crippen molar-refractivity contribution in [3.8, 4) is 0 Å². The van der Waals surface area contributed by atoms with Crippen molar-refractivity contribution < 1.29 is 4.79 Å². The van der Waals surface area contributed by atoms with Crippen LogP contribution in [0.15, 0.2) is 30.3 Å². The number of benzene rings is 1. The van der Waals surface area contributed by atoms with E-state index >= 15 is 0 Å². The number of hydrogen-bond donors (Lipinski definition) is 0. The highest BCUT2D eigenvalue weighted by molar-refractivity contribution is 7.13. The van der Waals surface area contributed by atoms with E-state index in [-0.39, 0.29) is 5.91 Å². The molecule has 0 radical (unpaired) electrons. The summed E-state index contributed by atoms with van der Waals surface area (Å²) in [6, 6.07) is 10.1. The molecular weight excluding hydrogens is 268 g/mol. The van der Waals surface area contributed by atoms with E-state index in [0.29, 0.717) is 12.5 Å². The summed E-state index contributed by atoms with van der Waals surface area (Å²) in [6.07, 6.45) is 2.45. The molecule has 0 bridgehead atoms. The van der Waals surface area contributed by atoms with Crippen LogP contribution in [0.3, 0.4) is 0 Å². The van der Waals surface area contributed by atoms with Crippen LogP contribution in [0.4, 0.5) is 0 Å². The van der Waals surface area contributed by atoms with Gasteiger partial charge in [-0.1, -0.05) is 30.3 Å². The van der Waals surface area contributed by atoms with E-state index in [9.17, 15) is 4.79 Å². The number of nitrogens with zero attached hydrogens (tertiary/aromatic N) is 2. The highest BCUT2D eigenvalue weighted by Crippen LogP contribution is 2.42. The number of aromatic nitrogens is 1. The summed E-state index contributed by atoms with van der Waals surface area (Å²) in [5.74, 6) is 0.690. The molecule has 4 heteroatoms. The van der Waals surface area contributed by atoms with Gasteiger partial charge in [0.1, 0.15) is 4.88 Å². The van der Waals surface area contributed by atoms with E-state index in [0.717, 1.165) is 21.1 Å². The molecule has 0 unspecified atom stereocenters. The Kier molecular flexibility index (Phi) is 3.57. The van der Waals surface area contributed by atoms with E-state index in [2.05, 4.69) is 4.98 Å². The second kappa shape index (κ2) is 5.37. The van der Waals surface area contributed by atoms with Gasteiger partial charge in [-0.05, 0) is 25.3 Å². The monoisotopic (exact) mass is 286 g/mol. The molecule has 104 valence electrons. The van der Waals surface area contributed by atoms with Crippen molar-refractivity contribution >= 4 is 17.2 Å². The van der Waals surface area contributed by atoms with Crippen LogP contribution in [0.2, 0.25) is 0 Å². The molecule has 0 saturated heterocycles. The fourth-order valence-electron chi connectivity index (χ4n) is 2.22. The Morgan fingerprint density at radius 3 is 2.70 bits per heavy atom. The van der Waals surface area contributed by atoms with Gasteiger partial charge in [0, 0.05) is 19.5 Å². The van der Waals surface area contributed by atoms with Crippen molar-refractivity contribution in [3.63, 3.8) is 0 Å². The first-order valence-corrected chi connectivity index (χ1v) is 7.73. The minimum Gasteiger partial charge on any atom is -0.337 e. The quantitative estimate of drug-likeness (QED) is 0.860. The molecular formula is C16H18N2OS. The SMILES string of the molecule is Cc1nc(C2CC2)sc1C(=O)N(C)Cc1ccccc1. The fourth-order valence-corrected chi connectivity index (χ4v) is 3.45. The zero-order chi connectivity index (χ0) is 14.1. The zero-order valence-electron chi connectivity index (χ0n) is 11.8. The lowest BCUT2D eigenvalue weighted by Gasteiger charge is -2.16. The van der Waals surface area contributed by atoms with Gasteiger partial charge in [0.25, 0.3) is 5.91 Å². The van der Waals surface area contributed by atoms with Crippen LogP contribution in [-0.2, 0) is 6.54 Å². The standard InChI is InChI=1S/C16H18N2OS/c1-11-14(20-15(17-11)13-8-9-13)16(19)18(2)10-12-6-4-3-5-7-12/h3-7,13H,8-10H2,1-2H3. The van der Waals surface area contributed by atoms with Gasteiger partial charge in [-0.15, -0.1) is 11.3 Å². The van der Waals surface area contributed by atoms with Crippen molar-refractivity contribution in [1.29, 1.82) is 0 Å². The molecule has 1 aliphatic carbocycles. The number of amides is 1. The Morgan fingerprint density at radius 2 is 2.05 bits per heavy atom. The first kappa shape index (κ1) is 13.3. The van der Waals surface area contributed by atoms with E-state index in [1.165, 1.54) is 12.8 Å². The van der Waals surface area contributed by atoms with Gasteiger partial charge in [-0.2, -0.15) is 0 Å². The predicted octanol–water partition coefficient (Wildman–Crippen LogP) is 3.60. The summed E-state index contributed by atoms with van der Waals surface area (Å²) >= 11 is 1.57. The van der Waals surface area contributed by atoms with Crippen LogP contribution in [0.1, 0.15) is 44.7 Å². The average molecular weight is 286 g/mol. The molecule has 0 aliphatic heterocycles. The van der Waals surface area contributed by atoms with Gasteiger partial charge in [0.15, 0.2) is 0 Å². The van der Waals surface area contributed by atoms with E-state index in [4.69, 9.17) is 0 Å². The largest absolute Gasteiger partial charge is 0.337 e. The lowest BCUT2D eigenvalue weighted by atomic mass is 10.2. The Bertz CT molecular complexity index is 617. The minimum atomic E-state index is 0.0794. The lowest BCUT2D eigenvalue weighted by molar-refractivity contribution is 0.0789. The summed E-state index contributed by atoms with van der Waals surface area (Å²) in [5, 5.41) is 1.14. The number of hydrogen-bond acceptors (Lipinski definition) is 3. The number of aryl methyl sites for hydroxylation is 1. The molecule has 1 aromatic carbocycles. The highest BCUT2D eigenvalue weighted by atomic mass is 32.1. The van der Waals surface area contributed by atoms with E-state index in [1.54, 1.807) is 16.2 Å². The first-order chi connectivity index (χ1) is 9.65. The zero-order valence-corrected chi connectivity index (χ0v) is 12.6. The topological polar surface area (TPSA) is 33.2 Å². The van der Waals surface area contributed by atoms with Crippen LogP contribution >= 0.6 is 11.3 Å². The van der Waals surface area contributed by atoms with Gasteiger partial charge < -0.3 is 4.90 Å². The molecule has 1 aliphatic rings. The van der Waals surface area contributed by atoms with Gasteiger partial charge in [-0.3, -0.25) is 4.79 Å². The maximum absolute atomic E-state index is 12.5. The van der Waals surface area contributed by atoms with Crippen LogP contribution in [-0.4, -0.2) is 22.8 Å². The fraction of sp³-hybridized carbons (Fsp3) is 0.375. The van der Waals surface area contributed by atoms with Crippen LogP contribution < -0.4 is 0 Å². The number of carbonyl (C=O) groups is 1. The molecule has 1 fully saturated rings. The molecule has 1 aromatic heterocycles. The van der Waals surface area contributed by atoms with Crippen LogP contribution in [0, 0.1) is 6.92 Å². The third-order valence-corrected chi connectivity index (χ3v) is 4.85. The van der Waals surface area contributed by atoms with Crippen LogP contribution in [0.5, 0.6) is 0 Å². The molecule has 3 rings (SSSR count). The van der Waals surface area contributed by atoms with E-state index in [1.807, 2.05) is 44.3 Å². The molecule has 1 heterocycles. The van der Waals surface area contributed by atoms with Gasteiger partial charge in [-0.25, -0.2) is 4.98 Å². The number of thiazole rings is 1. The summed E-state index contributed by atoms with van der Waals surface area (Å²) in [4.78, 5) is 19.6. The molecule has 2 aromatic rings. The van der Waals surface area contributed by atoms with Crippen molar-refractivity contribution in [3.05, 3.63) is 51.5 Å².